The molecule has 1 heterocycles. The maximum atomic E-state index is 13.7. The smallest absolute Gasteiger partial charge is 0.274 e. The summed E-state index contributed by atoms with van der Waals surface area (Å²) in [6.07, 6.45) is 1.35. The topological polar surface area (TPSA) is 58.1 Å². The summed E-state index contributed by atoms with van der Waals surface area (Å²) in [5.74, 6) is -0.325. The summed E-state index contributed by atoms with van der Waals surface area (Å²) < 4.78 is 13.7. The van der Waals surface area contributed by atoms with E-state index in [-0.39, 0.29) is 11.4 Å². The van der Waals surface area contributed by atoms with Gasteiger partial charge in [0.25, 0.3) is 5.91 Å². The fourth-order valence-electron chi connectivity index (χ4n) is 2.55. The summed E-state index contributed by atoms with van der Waals surface area (Å²) in [5.41, 5.74) is 1.45. The largest absolute Gasteiger partial charge is 0.352 e. The van der Waals surface area contributed by atoms with Crippen molar-refractivity contribution in [1.82, 2.24) is 9.97 Å². The second-order valence-corrected chi connectivity index (χ2v) is 5.70. The number of para-hydroxylation sites is 1. The Morgan fingerprint density at radius 3 is 2.54 bits per heavy atom. The Morgan fingerprint density at radius 2 is 1.81 bits per heavy atom. The average Bonchev–Trinajstić information content (AvgIpc) is 2.69. The summed E-state index contributed by atoms with van der Waals surface area (Å²) in [4.78, 5) is 22.7. The fraction of sp³-hybridized carbons (Fsp3) is 0.150. The zero-order valence-electron chi connectivity index (χ0n) is 14.4. The number of anilines is 2. The van der Waals surface area contributed by atoms with Crippen molar-refractivity contribution >= 4 is 17.4 Å². The zero-order chi connectivity index (χ0) is 18.4. The van der Waals surface area contributed by atoms with Crippen molar-refractivity contribution in [2.75, 3.05) is 16.8 Å². The second-order valence-electron chi connectivity index (χ2n) is 5.70. The molecule has 0 atom stereocenters. The van der Waals surface area contributed by atoms with Gasteiger partial charge in [-0.05, 0) is 24.6 Å². The minimum absolute atomic E-state index is 0.120. The third-order valence-corrected chi connectivity index (χ3v) is 3.93. The summed E-state index contributed by atoms with van der Waals surface area (Å²) in [6.45, 7) is 3.41. The molecule has 3 aromatic rings. The molecule has 0 radical (unpaired) electrons. The highest BCUT2D eigenvalue weighted by Gasteiger charge is 2.14. The van der Waals surface area contributed by atoms with Gasteiger partial charge in [-0.15, -0.1) is 0 Å². The summed E-state index contributed by atoms with van der Waals surface area (Å²) in [7, 11) is 0. The van der Waals surface area contributed by atoms with E-state index < -0.39 is 11.7 Å². The molecule has 26 heavy (non-hydrogen) atoms. The molecule has 0 bridgehead atoms. The third kappa shape index (κ3) is 4.22. The maximum absolute atomic E-state index is 13.7. The van der Waals surface area contributed by atoms with Gasteiger partial charge in [0.05, 0.1) is 5.69 Å². The van der Waals surface area contributed by atoms with E-state index in [0.717, 1.165) is 12.1 Å². The van der Waals surface area contributed by atoms with E-state index in [0.29, 0.717) is 12.4 Å². The highest BCUT2D eigenvalue weighted by atomic mass is 19.1. The van der Waals surface area contributed by atoms with Crippen LogP contribution in [-0.4, -0.2) is 22.4 Å². The molecule has 0 aliphatic heterocycles. The summed E-state index contributed by atoms with van der Waals surface area (Å²) in [5, 5.41) is 2.54. The van der Waals surface area contributed by atoms with Crippen LogP contribution in [0, 0.1) is 5.82 Å². The van der Waals surface area contributed by atoms with Gasteiger partial charge in [-0.2, -0.15) is 0 Å². The first kappa shape index (κ1) is 17.5. The second kappa shape index (κ2) is 8.20. The monoisotopic (exact) mass is 350 g/mol. The van der Waals surface area contributed by atoms with E-state index in [4.69, 9.17) is 0 Å². The first-order valence-electron chi connectivity index (χ1n) is 8.34. The Bertz CT molecular complexity index is 886. The first-order valence-corrected chi connectivity index (χ1v) is 8.34. The molecular weight excluding hydrogens is 331 g/mol. The van der Waals surface area contributed by atoms with Gasteiger partial charge in [-0.25, -0.2) is 14.4 Å². The molecule has 6 heteroatoms. The van der Waals surface area contributed by atoms with Crippen LogP contribution in [0.15, 0.2) is 67.0 Å². The van der Waals surface area contributed by atoms with Crippen molar-refractivity contribution in [3.63, 3.8) is 0 Å². The lowest BCUT2D eigenvalue weighted by molar-refractivity contribution is 0.102. The number of rotatable bonds is 6. The molecule has 132 valence electrons. The van der Waals surface area contributed by atoms with Gasteiger partial charge in [-0.3, -0.25) is 4.79 Å². The van der Waals surface area contributed by atoms with Crippen molar-refractivity contribution in [2.45, 2.75) is 13.5 Å². The van der Waals surface area contributed by atoms with Crippen LogP contribution < -0.4 is 10.2 Å². The van der Waals surface area contributed by atoms with Gasteiger partial charge >= 0.3 is 0 Å². The molecule has 0 aliphatic carbocycles. The number of amides is 1. The van der Waals surface area contributed by atoms with Gasteiger partial charge in [0.1, 0.15) is 23.7 Å². The molecule has 0 unspecified atom stereocenters. The Balaban J connectivity index is 1.78. The van der Waals surface area contributed by atoms with Crippen molar-refractivity contribution < 1.29 is 9.18 Å². The number of benzene rings is 2. The third-order valence-electron chi connectivity index (χ3n) is 3.93. The van der Waals surface area contributed by atoms with Gasteiger partial charge in [0.2, 0.25) is 0 Å². The first-order chi connectivity index (χ1) is 12.7. The van der Waals surface area contributed by atoms with E-state index in [1.165, 1.54) is 18.5 Å². The van der Waals surface area contributed by atoms with E-state index in [9.17, 15) is 9.18 Å². The van der Waals surface area contributed by atoms with Crippen molar-refractivity contribution in [3.8, 4) is 0 Å². The maximum Gasteiger partial charge on any atom is 0.274 e. The highest BCUT2D eigenvalue weighted by molar-refractivity contribution is 6.03. The summed E-state index contributed by atoms with van der Waals surface area (Å²) in [6, 6.07) is 17.6. The molecule has 1 amide bonds. The number of hydrogen-bond acceptors (Lipinski definition) is 4. The molecule has 0 fully saturated rings. The minimum atomic E-state index is -0.491. The van der Waals surface area contributed by atoms with E-state index >= 15 is 0 Å². The molecule has 2 aromatic carbocycles. The summed E-state index contributed by atoms with van der Waals surface area (Å²) >= 11 is 0. The molecule has 3 rings (SSSR count). The molecule has 0 saturated carbocycles. The van der Waals surface area contributed by atoms with Crippen LogP contribution in [0.4, 0.5) is 15.9 Å². The van der Waals surface area contributed by atoms with Gasteiger partial charge in [0, 0.05) is 19.2 Å². The number of aromatic nitrogens is 2. The predicted molar refractivity (Wildman–Crippen MR) is 99.6 cm³/mol. The van der Waals surface area contributed by atoms with Crippen LogP contribution in [0.1, 0.15) is 23.0 Å². The number of nitrogens with zero attached hydrogens (tertiary/aromatic N) is 3. The van der Waals surface area contributed by atoms with E-state index in [1.54, 1.807) is 18.2 Å². The Morgan fingerprint density at radius 1 is 1.08 bits per heavy atom. The fourth-order valence-corrected chi connectivity index (χ4v) is 2.55. The van der Waals surface area contributed by atoms with Gasteiger partial charge in [-0.1, -0.05) is 42.5 Å². The molecule has 1 N–H and O–H groups in total. The van der Waals surface area contributed by atoms with Gasteiger partial charge < -0.3 is 10.2 Å². The van der Waals surface area contributed by atoms with Crippen molar-refractivity contribution in [3.05, 3.63) is 84.1 Å². The quantitative estimate of drug-likeness (QED) is 0.733. The van der Waals surface area contributed by atoms with Gasteiger partial charge in [0.15, 0.2) is 0 Å². The molecule has 0 saturated heterocycles. The van der Waals surface area contributed by atoms with Crippen LogP contribution in [-0.2, 0) is 6.54 Å². The van der Waals surface area contributed by atoms with Crippen LogP contribution in [0.2, 0.25) is 0 Å². The number of carbonyl (C=O) groups is 1. The predicted octanol–water partition coefficient (Wildman–Crippen LogP) is 3.89. The Kier molecular flexibility index (Phi) is 5.53. The SMILES string of the molecule is CCN(Cc1ccccc1)c1cc(C(=O)Nc2ccccc2F)ncn1. The average molecular weight is 350 g/mol. The minimum Gasteiger partial charge on any atom is -0.352 e. The molecule has 0 aliphatic rings. The molecule has 1 aromatic heterocycles. The Labute approximate surface area is 151 Å². The highest BCUT2D eigenvalue weighted by Crippen LogP contribution is 2.17. The standard InChI is InChI=1S/C20H19FN4O/c1-2-25(13-15-8-4-3-5-9-15)19-12-18(22-14-23-19)20(26)24-17-11-7-6-10-16(17)21/h3-12,14H,2,13H2,1H3,(H,24,26). The Hall–Kier alpha value is -3.28. The van der Waals surface area contributed by atoms with Crippen molar-refractivity contribution in [2.24, 2.45) is 0 Å². The number of halogens is 1. The van der Waals surface area contributed by atoms with Crippen molar-refractivity contribution in [1.29, 1.82) is 0 Å². The lowest BCUT2D eigenvalue weighted by Gasteiger charge is -2.22. The van der Waals surface area contributed by atoms with E-state index in [1.807, 2.05) is 42.2 Å². The van der Waals surface area contributed by atoms with Crippen LogP contribution in [0.3, 0.4) is 0 Å². The van der Waals surface area contributed by atoms with E-state index in [2.05, 4.69) is 15.3 Å². The lowest BCUT2D eigenvalue weighted by atomic mass is 10.2. The normalized spacial score (nSPS) is 10.4. The van der Waals surface area contributed by atoms with Crippen LogP contribution in [0.25, 0.3) is 0 Å². The molecule has 0 spiro atoms. The number of carbonyl (C=O) groups excluding carboxylic acids is 1. The zero-order valence-corrected chi connectivity index (χ0v) is 14.4. The number of nitrogens with one attached hydrogen (secondary N) is 1. The molecule has 5 nitrogen and oxygen atoms in total. The lowest BCUT2D eigenvalue weighted by Crippen LogP contribution is -2.24. The van der Waals surface area contributed by atoms with Crippen LogP contribution >= 0.6 is 0 Å². The number of hydrogen-bond donors (Lipinski definition) is 1. The molecular formula is C20H19FN4O. The van der Waals surface area contributed by atoms with Crippen LogP contribution in [0.5, 0.6) is 0 Å².